The van der Waals surface area contributed by atoms with Gasteiger partial charge in [0.2, 0.25) is 0 Å². The largest absolute Gasteiger partial charge is 0.488 e. The Hall–Kier alpha value is -1.79. The summed E-state index contributed by atoms with van der Waals surface area (Å²) in [4.78, 5) is 14.6. The predicted octanol–water partition coefficient (Wildman–Crippen LogP) is 5.96. The number of thioether (sulfide) groups is 1. The summed E-state index contributed by atoms with van der Waals surface area (Å²) < 4.78 is 6.45. The lowest BCUT2D eigenvalue weighted by Crippen LogP contribution is -2.27. The second kappa shape index (κ2) is 8.93. The number of thiocarbonyl (C=S) groups is 1. The maximum Gasteiger partial charge on any atom is 0.266 e. The van der Waals surface area contributed by atoms with Crippen LogP contribution in [0.3, 0.4) is 0 Å². The van der Waals surface area contributed by atoms with E-state index in [4.69, 9.17) is 40.2 Å². The van der Waals surface area contributed by atoms with Gasteiger partial charge in [-0.3, -0.25) is 9.69 Å². The first kappa shape index (κ1) is 20.0. The topological polar surface area (TPSA) is 29.5 Å². The molecule has 1 heterocycles. The third-order valence-corrected chi connectivity index (χ3v) is 5.62. The molecule has 0 saturated carbocycles. The van der Waals surface area contributed by atoms with E-state index >= 15 is 0 Å². The number of nitrogens with zero attached hydrogens (tertiary/aromatic N) is 1. The van der Waals surface area contributed by atoms with Crippen LogP contribution in [0.1, 0.15) is 11.1 Å². The summed E-state index contributed by atoms with van der Waals surface area (Å²) in [7, 11) is 0. The molecule has 27 heavy (non-hydrogen) atoms. The molecule has 138 valence electrons. The van der Waals surface area contributed by atoms with E-state index in [0.717, 1.165) is 11.1 Å². The van der Waals surface area contributed by atoms with Gasteiger partial charge < -0.3 is 4.74 Å². The van der Waals surface area contributed by atoms with Gasteiger partial charge in [0.25, 0.3) is 5.91 Å². The molecule has 1 aliphatic rings. The number of hydrogen-bond acceptors (Lipinski definition) is 4. The standard InChI is InChI=1S/C20H15Cl2NO2S2/c1-2-9-23-19(24)18(27-20(23)26)11-14-10-16(22)7-8-17(14)25-12-13-3-5-15(21)6-4-13/h2-8,10-11H,1,9,12H2/b18-11-. The Morgan fingerprint density at radius 2 is 1.85 bits per heavy atom. The van der Waals surface area contributed by atoms with Crippen LogP contribution < -0.4 is 4.74 Å². The average Bonchev–Trinajstić information content (AvgIpc) is 2.90. The number of hydrogen-bond donors (Lipinski definition) is 0. The van der Waals surface area contributed by atoms with Gasteiger partial charge in [0, 0.05) is 22.2 Å². The lowest BCUT2D eigenvalue weighted by Gasteiger charge is -2.11. The molecule has 3 rings (SSSR count). The number of rotatable bonds is 6. The van der Waals surface area contributed by atoms with Gasteiger partial charge in [-0.2, -0.15) is 0 Å². The zero-order valence-electron chi connectivity index (χ0n) is 14.2. The summed E-state index contributed by atoms with van der Waals surface area (Å²) >= 11 is 18.6. The minimum atomic E-state index is -0.145. The monoisotopic (exact) mass is 435 g/mol. The van der Waals surface area contributed by atoms with Crippen molar-refractivity contribution < 1.29 is 9.53 Å². The van der Waals surface area contributed by atoms with Crippen molar-refractivity contribution in [1.82, 2.24) is 4.90 Å². The second-order valence-corrected chi connectivity index (χ2v) is 8.23. The van der Waals surface area contributed by atoms with E-state index in [2.05, 4.69) is 6.58 Å². The molecule has 7 heteroatoms. The van der Waals surface area contributed by atoms with E-state index in [1.807, 2.05) is 24.3 Å². The molecule has 0 aromatic heterocycles. The van der Waals surface area contributed by atoms with Gasteiger partial charge in [0.05, 0.1) is 4.91 Å². The molecule has 1 fully saturated rings. The van der Waals surface area contributed by atoms with Crippen LogP contribution in [0.15, 0.2) is 60.0 Å². The fourth-order valence-corrected chi connectivity index (χ4v) is 4.01. The zero-order chi connectivity index (χ0) is 19.4. The Kier molecular flexibility index (Phi) is 6.60. The quantitative estimate of drug-likeness (QED) is 0.318. The Morgan fingerprint density at radius 3 is 2.56 bits per heavy atom. The molecule has 1 aliphatic heterocycles. The van der Waals surface area contributed by atoms with E-state index in [0.29, 0.717) is 38.2 Å². The Morgan fingerprint density at radius 1 is 1.15 bits per heavy atom. The molecule has 0 atom stereocenters. The van der Waals surface area contributed by atoms with E-state index in [1.54, 1.807) is 30.4 Å². The van der Waals surface area contributed by atoms with Gasteiger partial charge in [-0.15, -0.1) is 6.58 Å². The molecule has 0 spiro atoms. The fourth-order valence-electron chi connectivity index (χ4n) is 2.43. The molecule has 1 saturated heterocycles. The van der Waals surface area contributed by atoms with Crippen molar-refractivity contribution in [3.63, 3.8) is 0 Å². The van der Waals surface area contributed by atoms with Crippen LogP contribution in [0.5, 0.6) is 5.75 Å². The van der Waals surface area contributed by atoms with Gasteiger partial charge in [0.1, 0.15) is 16.7 Å². The van der Waals surface area contributed by atoms with Gasteiger partial charge in [0.15, 0.2) is 0 Å². The minimum Gasteiger partial charge on any atom is -0.488 e. The number of carbonyl (C=O) groups is 1. The van der Waals surface area contributed by atoms with Crippen LogP contribution in [-0.2, 0) is 11.4 Å². The average molecular weight is 436 g/mol. The highest BCUT2D eigenvalue weighted by Gasteiger charge is 2.31. The molecule has 0 unspecified atom stereocenters. The molecule has 2 aromatic carbocycles. The van der Waals surface area contributed by atoms with E-state index in [-0.39, 0.29) is 5.91 Å². The van der Waals surface area contributed by atoms with Crippen LogP contribution in [0, 0.1) is 0 Å². The summed E-state index contributed by atoms with van der Waals surface area (Å²) in [5.41, 5.74) is 1.70. The number of ether oxygens (including phenoxy) is 1. The summed E-state index contributed by atoms with van der Waals surface area (Å²) in [5, 5.41) is 1.23. The summed E-state index contributed by atoms with van der Waals surface area (Å²) in [6.45, 7) is 4.42. The predicted molar refractivity (Wildman–Crippen MR) is 117 cm³/mol. The van der Waals surface area contributed by atoms with E-state index in [9.17, 15) is 4.79 Å². The maximum atomic E-state index is 12.5. The third-order valence-electron chi connectivity index (χ3n) is 3.75. The SMILES string of the molecule is C=CCN1C(=O)/C(=C/c2cc(Cl)ccc2OCc2ccc(Cl)cc2)SC1=S. The van der Waals surface area contributed by atoms with Gasteiger partial charge in [-0.25, -0.2) is 0 Å². The smallest absolute Gasteiger partial charge is 0.266 e. The Balaban J connectivity index is 1.84. The van der Waals surface area contributed by atoms with Crippen molar-refractivity contribution in [2.24, 2.45) is 0 Å². The number of benzene rings is 2. The van der Waals surface area contributed by atoms with Gasteiger partial charge in [-0.1, -0.05) is 65.4 Å². The van der Waals surface area contributed by atoms with E-state index in [1.165, 1.54) is 16.7 Å². The summed E-state index contributed by atoms with van der Waals surface area (Å²) in [5.74, 6) is 0.483. The fraction of sp³-hybridized carbons (Fsp3) is 0.100. The highest BCUT2D eigenvalue weighted by molar-refractivity contribution is 8.26. The summed E-state index contributed by atoms with van der Waals surface area (Å²) in [6.07, 6.45) is 3.40. The molecule has 3 nitrogen and oxygen atoms in total. The normalized spacial score (nSPS) is 15.5. The highest BCUT2D eigenvalue weighted by Crippen LogP contribution is 2.35. The Bertz CT molecular complexity index is 926. The van der Waals surface area contributed by atoms with Crippen molar-refractivity contribution in [2.45, 2.75) is 6.61 Å². The lowest BCUT2D eigenvalue weighted by atomic mass is 10.1. The first-order valence-corrected chi connectivity index (χ1v) is 9.99. The number of halogens is 2. The van der Waals surface area contributed by atoms with Crippen molar-refractivity contribution >= 4 is 63.5 Å². The van der Waals surface area contributed by atoms with Crippen LogP contribution in [0.2, 0.25) is 10.0 Å². The van der Waals surface area contributed by atoms with Crippen LogP contribution in [0.25, 0.3) is 6.08 Å². The number of carbonyl (C=O) groups excluding carboxylic acids is 1. The number of amides is 1. The molecular formula is C20H15Cl2NO2S2. The Labute approximate surface area is 177 Å². The highest BCUT2D eigenvalue weighted by atomic mass is 35.5. The lowest BCUT2D eigenvalue weighted by molar-refractivity contribution is -0.121. The molecule has 0 bridgehead atoms. The zero-order valence-corrected chi connectivity index (χ0v) is 17.3. The van der Waals surface area contributed by atoms with Crippen LogP contribution in [-0.4, -0.2) is 21.7 Å². The van der Waals surface area contributed by atoms with Crippen molar-refractivity contribution in [2.75, 3.05) is 6.54 Å². The third kappa shape index (κ3) is 4.93. The summed E-state index contributed by atoms with van der Waals surface area (Å²) in [6, 6.07) is 12.7. The maximum absolute atomic E-state index is 12.5. The van der Waals surface area contributed by atoms with Crippen molar-refractivity contribution in [3.05, 3.63) is 81.2 Å². The molecule has 0 N–H and O–H groups in total. The second-order valence-electron chi connectivity index (χ2n) is 5.68. The van der Waals surface area contributed by atoms with E-state index < -0.39 is 0 Å². The molecule has 0 radical (unpaired) electrons. The van der Waals surface area contributed by atoms with Crippen molar-refractivity contribution in [1.29, 1.82) is 0 Å². The van der Waals surface area contributed by atoms with Crippen LogP contribution >= 0.6 is 47.2 Å². The van der Waals surface area contributed by atoms with Gasteiger partial charge >= 0.3 is 0 Å². The molecule has 0 aliphatic carbocycles. The molecular weight excluding hydrogens is 421 g/mol. The van der Waals surface area contributed by atoms with Gasteiger partial charge in [-0.05, 0) is 42.0 Å². The van der Waals surface area contributed by atoms with Crippen molar-refractivity contribution in [3.8, 4) is 5.75 Å². The molecule has 1 amide bonds. The van der Waals surface area contributed by atoms with Crippen LogP contribution in [0.4, 0.5) is 0 Å². The minimum absolute atomic E-state index is 0.145. The molecule has 2 aromatic rings. The first-order valence-electron chi connectivity index (χ1n) is 8.01. The first-order chi connectivity index (χ1) is 13.0.